The van der Waals surface area contributed by atoms with Gasteiger partial charge in [0, 0.05) is 37.6 Å². The highest BCUT2D eigenvalue weighted by Gasteiger charge is 2.21. The normalized spacial score (nSPS) is 16.6. The number of amides is 2. The number of carbonyl (C=O) groups excluding carboxylic acids is 2. The van der Waals surface area contributed by atoms with Crippen LogP contribution in [-0.4, -0.2) is 57.4 Å². The van der Waals surface area contributed by atoms with Crippen molar-refractivity contribution in [3.63, 3.8) is 0 Å². The van der Waals surface area contributed by atoms with E-state index in [1.165, 1.54) is 0 Å². The molecule has 8 heteroatoms. The van der Waals surface area contributed by atoms with Crippen molar-refractivity contribution in [2.75, 3.05) is 44.8 Å². The molecule has 0 radical (unpaired) electrons. The van der Waals surface area contributed by atoms with E-state index < -0.39 is 0 Å². The van der Waals surface area contributed by atoms with Crippen molar-refractivity contribution in [2.45, 2.75) is 19.4 Å². The van der Waals surface area contributed by atoms with Crippen LogP contribution in [0.25, 0.3) is 0 Å². The zero-order chi connectivity index (χ0) is 17.2. The number of hydrogen-bond donors (Lipinski definition) is 3. The summed E-state index contributed by atoms with van der Waals surface area (Å²) in [4.78, 5) is 24.3. The molecule has 1 atom stereocenters. The number of morpholine rings is 1. The van der Waals surface area contributed by atoms with Crippen LogP contribution >= 0.6 is 12.4 Å². The van der Waals surface area contributed by atoms with E-state index in [9.17, 15) is 9.59 Å². The van der Waals surface area contributed by atoms with Crippen LogP contribution in [0.2, 0.25) is 0 Å². The first kappa shape index (κ1) is 21.4. The van der Waals surface area contributed by atoms with Crippen molar-refractivity contribution >= 4 is 29.9 Å². The first-order chi connectivity index (χ1) is 11.7. The van der Waals surface area contributed by atoms with Gasteiger partial charge in [-0.25, -0.2) is 0 Å². The molecule has 1 aliphatic rings. The summed E-state index contributed by atoms with van der Waals surface area (Å²) in [6, 6.07) is 6.52. The summed E-state index contributed by atoms with van der Waals surface area (Å²) < 4.78 is 10.5. The number of hydrogen-bond acceptors (Lipinski definition) is 5. The van der Waals surface area contributed by atoms with Crippen LogP contribution in [0.15, 0.2) is 24.3 Å². The fourth-order valence-electron chi connectivity index (χ4n) is 2.32. The van der Waals surface area contributed by atoms with Gasteiger partial charge in [-0.1, -0.05) is 6.07 Å². The highest BCUT2D eigenvalue weighted by molar-refractivity contribution is 5.98. The Balaban J connectivity index is 0.00000312. The van der Waals surface area contributed by atoms with Gasteiger partial charge in [0.25, 0.3) is 5.91 Å². The predicted octanol–water partition coefficient (Wildman–Crippen LogP) is 1.19. The maximum Gasteiger partial charge on any atom is 0.251 e. The first-order valence-electron chi connectivity index (χ1n) is 8.28. The second kappa shape index (κ2) is 11.8. The van der Waals surface area contributed by atoms with E-state index in [-0.39, 0.29) is 30.3 Å². The minimum atomic E-state index is -0.366. The van der Waals surface area contributed by atoms with E-state index in [1.54, 1.807) is 24.3 Å². The zero-order valence-electron chi connectivity index (χ0n) is 14.4. The van der Waals surface area contributed by atoms with Gasteiger partial charge in [-0.2, -0.15) is 0 Å². The molecule has 7 nitrogen and oxygen atoms in total. The predicted molar refractivity (Wildman–Crippen MR) is 98.4 cm³/mol. The van der Waals surface area contributed by atoms with Crippen LogP contribution in [0, 0.1) is 0 Å². The third-order valence-corrected chi connectivity index (χ3v) is 3.59. The van der Waals surface area contributed by atoms with Crippen LogP contribution in [0.4, 0.5) is 5.69 Å². The van der Waals surface area contributed by atoms with E-state index in [0.717, 1.165) is 6.42 Å². The van der Waals surface area contributed by atoms with Gasteiger partial charge >= 0.3 is 0 Å². The third-order valence-electron chi connectivity index (χ3n) is 3.59. The highest BCUT2D eigenvalue weighted by Crippen LogP contribution is 2.11. The summed E-state index contributed by atoms with van der Waals surface area (Å²) in [6.45, 7) is 5.42. The van der Waals surface area contributed by atoms with Gasteiger partial charge < -0.3 is 25.4 Å². The maximum absolute atomic E-state index is 12.2. The standard InChI is InChI=1S/C17H25N3O4.ClH/c1-2-23-9-4-7-19-16(21)13-5-3-6-14(11-13)20-17(22)15-12-24-10-8-18-15;/h3,5-6,11,15,18H,2,4,7-10,12H2,1H3,(H,19,21)(H,20,22);1H. The lowest BCUT2D eigenvalue weighted by Crippen LogP contribution is -2.48. The topological polar surface area (TPSA) is 88.7 Å². The minimum Gasteiger partial charge on any atom is -0.382 e. The molecule has 2 rings (SSSR count). The number of ether oxygens (including phenoxy) is 2. The molecule has 3 N–H and O–H groups in total. The van der Waals surface area contributed by atoms with Gasteiger partial charge in [-0.15, -0.1) is 12.4 Å². The van der Waals surface area contributed by atoms with E-state index in [2.05, 4.69) is 16.0 Å². The van der Waals surface area contributed by atoms with Crippen molar-refractivity contribution in [1.82, 2.24) is 10.6 Å². The van der Waals surface area contributed by atoms with Gasteiger partial charge in [0.2, 0.25) is 5.91 Å². The molecule has 1 unspecified atom stereocenters. The molecule has 1 saturated heterocycles. The Labute approximate surface area is 154 Å². The number of anilines is 1. The molecule has 1 heterocycles. The summed E-state index contributed by atoms with van der Waals surface area (Å²) in [5, 5.41) is 8.74. The monoisotopic (exact) mass is 371 g/mol. The van der Waals surface area contributed by atoms with E-state index in [1.807, 2.05) is 6.92 Å². The van der Waals surface area contributed by atoms with Crippen molar-refractivity contribution in [1.29, 1.82) is 0 Å². The fourth-order valence-corrected chi connectivity index (χ4v) is 2.32. The molecule has 1 fully saturated rings. The summed E-state index contributed by atoms with van der Waals surface area (Å²) in [7, 11) is 0. The lowest BCUT2D eigenvalue weighted by molar-refractivity contribution is -0.120. The van der Waals surface area contributed by atoms with Gasteiger partial charge in [0.1, 0.15) is 6.04 Å². The number of rotatable bonds is 8. The third kappa shape index (κ3) is 7.39. The minimum absolute atomic E-state index is 0. The number of halogens is 1. The summed E-state index contributed by atoms with van der Waals surface area (Å²) in [6.07, 6.45) is 0.767. The number of benzene rings is 1. The molecule has 140 valence electrons. The van der Waals surface area contributed by atoms with Gasteiger partial charge in [-0.3, -0.25) is 9.59 Å². The molecule has 25 heavy (non-hydrogen) atoms. The first-order valence-corrected chi connectivity index (χ1v) is 8.28. The molecule has 2 amide bonds. The van der Waals surface area contributed by atoms with E-state index in [4.69, 9.17) is 9.47 Å². The Bertz CT molecular complexity index is 550. The van der Waals surface area contributed by atoms with Crippen LogP contribution in [0.5, 0.6) is 0 Å². The molecule has 0 bridgehead atoms. The van der Waals surface area contributed by atoms with Crippen LogP contribution in [0.3, 0.4) is 0 Å². The van der Waals surface area contributed by atoms with Crippen LogP contribution in [-0.2, 0) is 14.3 Å². The van der Waals surface area contributed by atoms with Crippen LogP contribution in [0.1, 0.15) is 23.7 Å². The average Bonchev–Trinajstić information content (AvgIpc) is 2.62. The largest absolute Gasteiger partial charge is 0.382 e. The van der Waals surface area contributed by atoms with E-state index >= 15 is 0 Å². The Morgan fingerprint density at radius 1 is 1.40 bits per heavy atom. The van der Waals surface area contributed by atoms with Crippen molar-refractivity contribution < 1.29 is 19.1 Å². The molecular formula is C17H26ClN3O4. The highest BCUT2D eigenvalue weighted by atomic mass is 35.5. The number of nitrogens with one attached hydrogen (secondary N) is 3. The van der Waals surface area contributed by atoms with Gasteiger partial charge in [-0.05, 0) is 31.5 Å². The molecule has 0 aromatic heterocycles. The van der Waals surface area contributed by atoms with Crippen molar-refractivity contribution in [3.05, 3.63) is 29.8 Å². The molecule has 1 aromatic carbocycles. The maximum atomic E-state index is 12.2. The van der Waals surface area contributed by atoms with Crippen molar-refractivity contribution in [3.8, 4) is 0 Å². The summed E-state index contributed by atoms with van der Waals surface area (Å²) in [5.41, 5.74) is 1.10. The Morgan fingerprint density at radius 2 is 2.24 bits per heavy atom. The van der Waals surface area contributed by atoms with Crippen LogP contribution < -0.4 is 16.0 Å². The smallest absolute Gasteiger partial charge is 0.251 e. The lowest BCUT2D eigenvalue weighted by Gasteiger charge is -2.22. The lowest BCUT2D eigenvalue weighted by atomic mass is 10.1. The van der Waals surface area contributed by atoms with E-state index in [0.29, 0.717) is 50.8 Å². The van der Waals surface area contributed by atoms with Gasteiger partial charge in [0.15, 0.2) is 0 Å². The summed E-state index contributed by atoms with van der Waals surface area (Å²) in [5.74, 6) is -0.328. The number of carbonyl (C=O) groups is 2. The Morgan fingerprint density at radius 3 is 2.96 bits per heavy atom. The molecule has 0 aliphatic carbocycles. The molecule has 0 spiro atoms. The summed E-state index contributed by atoms with van der Waals surface area (Å²) >= 11 is 0. The molecular weight excluding hydrogens is 346 g/mol. The SMILES string of the molecule is CCOCCCNC(=O)c1cccc(NC(=O)C2COCCN2)c1.Cl. The average molecular weight is 372 g/mol. The second-order valence-electron chi connectivity index (χ2n) is 5.46. The van der Waals surface area contributed by atoms with Gasteiger partial charge in [0.05, 0.1) is 13.2 Å². The zero-order valence-corrected chi connectivity index (χ0v) is 15.2. The molecule has 1 aliphatic heterocycles. The fraction of sp³-hybridized carbons (Fsp3) is 0.529. The molecule has 0 saturated carbocycles. The quantitative estimate of drug-likeness (QED) is 0.597. The van der Waals surface area contributed by atoms with Crippen molar-refractivity contribution in [2.24, 2.45) is 0 Å². The molecule has 1 aromatic rings. The second-order valence-corrected chi connectivity index (χ2v) is 5.46. The Kier molecular flexibility index (Phi) is 10.1. The Hall–Kier alpha value is -1.67.